The van der Waals surface area contributed by atoms with Crippen LogP contribution in [0.2, 0.25) is 0 Å². The Morgan fingerprint density at radius 2 is 1.15 bits per heavy atom. The van der Waals surface area contributed by atoms with E-state index in [0.717, 1.165) is 55.9 Å². The van der Waals surface area contributed by atoms with Gasteiger partial charge < -0.3 is 5.11 Å². The normalized spacial score (nSPS) is 15.5. The van der Waals surface area contributed by atoms with Gasteiger partial charge in [-0.3, -0.25) is 0 Å². The van der Waals surface area contributed by atoms with Gasteiger partial charge in [0.15, 0.2) is 23.3 Å². The third-order valence-electron chi connectivity index (χ3n) is 7.34. The number of halogens is 7. The average Bonchev–Trinajstić information content (AvgIpc) is 2.97. The quantitative estimate of drug-likeness (QED) is 0.126. The molecule has 1 N–H and O–H groups in total. The van der Waals surface area contributed by atoms with Crippen molar-refractivity contribution in [2.75, 3.05) is 0 Å². The second kappa shape index (κ2) is 17.4. The van der Waals surface area contributed by atoms with Crippen LogP contribution in [0.5, 0.6) is 5.75 Å². The van der Waals surface area contributed by atoms with Crippen LogP contribution in [0.1, 0.15) is 87.7 Å². The monoisotopic (exact) mass is 689 g/mol. The fourth-order valence-corrected chi connectivity index (χ4v) is 5.20. The molecule has 1 fully saturated rings. The molecule has 2 nitrogen and oxygen atoms in total. The molecule has 0 aliphatic heterocycles. The van der Waals surface area contributed by atoms with E-state index in [2.05, 4.69) is 4.99 Å². The molecule has 1 aliphatic carbocycles. The van der Waals surface area contributed by atoms with Gasteiger partial charge in [0, 0.05) is 11.8 Å². The molecule has 0 radical (unpaired) electrons. The van der Waals surface area contributed by atoms with Crippen LogP contribution >= 0.6 is 17.0 Å². The molecule has 0 unspecified atom stereocenters. The Balaban J connectivity index is 0.00000147. The van der Waals surface area contributed by atoms with E-state index in [1.807, 2.05) is 36.4 Å². The van der Waals surface area contributed by atoms with Crippen molar-refractivity contribution >= 4 is 28.9 Å². The van der Waals surface area contributed by atoms with Crippen LogP contribution in [-0.4, -0.2) is 11.3 Å². The van der Waals surface area contributed by atoms with Crippen molar-refractivity contribution in [3.63, 3.8) is 0 Å². The maximum absolute atomic E-state index is 14.2. The Labute approximate surface area is 256 Å². The molecule has 0 saturated heterocycles. The van der Waals surface area contributed by atoms with E-state index < -0.39 is 55.6 Å². The van der Waals surface area contributed by atoms with E-state index in [9.17, 15) is 27.1 Å². The van der Waals surface area contributed by atoms with E-state index in [1.165, 1.54) is 32.1 Å². The van der Waals surface area contributed by atoms with E-state index in [0.29, 0.717) is 5.56 Å². The number of phenols is 1. The van der Waals surface area contributed by atoms with Gasteiger partial charge in [-0.05, 0) is 47.6 Å². The zero-order chi connectivity index (χ0) is 29.8. The van der Waals surface area contributed by atoms with Gasteiger partial charge >= 0.3 is 37.9 Å². The van der Waals surface area contributed by atoms with Crippen molar-refractivity contribution in [1.82, 2.24) is 0 Å². The summed E-state index contributed by atoms with van der Waals surface area (Å²) in [5.74, 6) is -10.4. The van der Waals surface area contributed by atoms with Gasteiger partial charge in [0.05, 0.1) is 0 Å². The van der Waals surface area contributed by atoms with Crippen LogP contribution in [0.15, 0.2) is 47.5 Å². The Bertz CT molecular complexity index is 1270. The first-order chi connectivity index (χ1) is 19.8. The van der Waals surface area contributed by atoms with E-state index in [-0.39, 0.29) is 17.2 Å². The SMILES string of the molecule is Oc1c(C=Nc2c(F)c(F)c(F)c(F)c2F)cc(-c2ccccc2)cc1C1CCCCCCCCCCC1.[Cl][Zr][Cl]. The molecule has 4 rings (SSSR count). The fraction of sp³-hybridized carbons (Fsp3) is 0.387. The number of hydrogen-bond acceptors (Lipinski definition) is 2. The van der Waals surface area contributed by atoms with Crippen LogP contribution in [-0.2, 0) is 20.8 Å². The van der Waals surface area contributed by atoms with Gasteiger partial charge in [0.1, 0.15) is 11.4 Å². The molecule has 0 aromatic heterocycles. The van der Waals surface area contributed by atoms with Crippen molar-refractivity contribution in [2.24, 2.45) is 4.99 Å². The molecule has 0 spiro atoms. The standard InChI is InChI=1S/C31H32F5NO.2ClH.Zr/c32-25-26(33)28(35)30(29(36)27(25)34)37-19-23-17-22(20-13-11-8-12-14-20)18-24(31(23)38)21-15-9-6-4-2-1-3-5-7-10-16-21;;;/h8,11-14,17-19,21,38H,1-7,9-10,15-16H2;2*1H;/q;;;+2/p-2. The van der Waals surface area contributed by atoms with Gasteiger partial charge in [0.25, 0.3) is 0 Å². The van der Waals surface area contributed by atoms with Crippen molar-refractivity contribution < 1.29 is 47.9 Å². The molecule has 0 heterocycles. The summed E-state index contributed by atoms with van der Waals surface area (Å²) in [6.07, 6.45) is 13.1. The van der Waals surface area contributed by atoms with Gasteiger partial charge in [-0.1, -0.05) is 88.1 Å². The number of rotatable bonds is 4. The topological polar surface area (TPSA) is 32.6 Å². The molecule has 0 atom stereocenters. The molecule has 220 valence electrons. The summed E-state index contributed by atoms with van der Waals surface area (Å²) in [6, 6.07) is 13.0. The van der Waals surface area contributed by atoms with E-state index in [1.54, 1.807) is 6.07 Å². The molecule has 41 heavy (non-hydrogen) atoms. The molecule has 1 aliphatic rings. The van der Waals surface area contributed by atoms with Gasteiger partial charge in [0.2, 0.25) is 5.82 Å². The van der Waals surface area contributed by atoms with E-state index in [4.69, 9.17) is 17.0 Å². The molecular weight excluding hydrogens is 659 g/mol. The van der Waals surface area contributed by atoms with Crippen molar-refractivity contribution in [1.29, 1.82) is 0 Å². The zero-order valence-electron chi connectivity index (χ0n) is 22.5. The van der Waals surface area contributed by atoms with Gasteiger partial charge in [-0.15, -0.1) is 0 Å². The van der Waals surface area contributed by atoms with Gasteiger partial charge in [-0.25, -0.2) is 26.9 Å². The molecule has 3 aromatic rings. The minimum atomic E-state index is -2.24. The third kappa shape index (κ3) is 9.36. The first kappa shape index (κ1) is 33.7. The van der Waals surface area contributed by atoms with Crippen LogP contribution < -0.4 is 0 Å². The molecule has 1 saturated carbocycles. The third-order valence-corrected chi connectivity index (χ3v) is 7.34. The predicted octanol–water partition coefficient (Wildman–Crippen LogP) is 11.3. The Hall–Kier alpha value is -1.76. The number of benzene rings is 3. The minimum absolute atomic E-state index is 0.0689. The molecule has 0 bridgehead atoms. The molecule has 3 aromatic carbocycles. The summed E-state index contributed by atoms with van der Waals surface area (Å²) >= 11 is -0.826. The number of nitrogens with zero attached hydrogens (tertiary/aromatic N) is 1. The zero-order valence-corrected chi connectivity index (χ0v) is 26.5. The molecule has 10 heteroatoms. The van der Waals surface area contributed by atoms with E-state index >= 15 is 0 Å². The molecule has 0 amide bonds. The summed E-state index contributed by atoms with van der Waals surface area (Å²) < 4.78 is 69.4. The molecular formula is C31H32Cl2F5NOZr. The Kier molecular flexibility index (Phi) is 14.3. The summed E-state index contributed by atoms with van der Waals surface area (Å²) in [5, 5.41) is 11.3. The fourth-order valence-electron chi connectivity index (χ4n) is 5.20. The average molecular weight is 692 g/mol. The number of aromatic hydroxyl groups is 1. The van der Waals surface area contributed by atoms with Crippen LogP contribution in [0.3, 0.4) is 0 Å². The number of aliphatic imine (C=N–C) groups is 1. The van der Waals surface area contributed by atoms with Crippen molar-refractivity contribution in [3.8, 4) is 16.9 Å². The number of phenolic OH excluding ortho intramolecular Hbond substituents is 1. The summed E-state index contributed by atoms with van der Waals surface area (Å²) in [4.78, 5) is 3.62. The van der Waals surface area contributed by atoms with Crippen LogP contribution in [0, 0.1) is 29.1 Å². The first-order valence-electron chi connectivity index (χ1n) is 13.7. The predicted molar refractivity (Wildman–Crippen MR) is 152 cm³/mol. The van der Waals surface area contributed by atoms with Crippen LogP contribution in [0.25, 0.3) is 11.1 Å². The second-order valence-corrected chi connectivity index (χ2v) is 13.8. The summed E-state index contributed by atoms with van der Waals surface area (Å²) in [6.45, 7) is 0. The van der Waals surface area contributed by atoms with Gasteiger partial charge in [-0.2, -0.15) is 0 Å². The summed E-state index contributed by atoms with van der Waals surface area (Å²) in [5.41, 5.74) is 1.20. The Morgan fingerprint density at radius 1 is 0.683 bits per heavy atom. The van der Waals surface area contributed by atoms with Crippen molar-refractivity contribution in [3.05, 3.63) is 82.7 Å². The number of hydrogen-bond donors (Lipinski definition) is 1. The second-order valence-electron chi connectivity index (χ2n) is 10.1. The Morgan fingerprint density at radius 3 is 1.66 bits per heavy atom. The van der Waals surface area contributed by atoms with Crippen molar-refractivity contribution in [2.45, 2.75) is 76.5 Å². The van der Waals surface area contributed by atoms with Crippen LogP contribution in [0.4, 0.5) is 27.6 Å². The maximum atomic E-state index is 14.2. The summed E-state index contributed by atoms with van der Waals surface area (Å²) in [7, 11) is 9.87. The first-order valence-corrected chi connectivity index (χ1v) is 20.1.